The molecule has 15 heavy (non-hydrogen) atoms. The van der Waals surface area contributed by atoms with Gasteiger partial charge in [-0.1, -0.05) is 0 Å². The Kier molecular flexibility index (Phi) is 3.56. The van der Waals surface area contributed by atoms with Crippen molar-refractivity contribution in [2.24, 2.45) is 0 Å². The second kappa shape index (κ2) is 4.36. The van der Waals surface area contributed by atoms with Gasteiger partial charge in [-0.05, 0) is 6.42 Å². The van der Waals surface area contributed by atoms with Gasteiger partial charge in [-0.15, -0.1) is 0 Å². The number of hydrogen-bond donors (Lipinski definition) is 2. The Hall–Kier alpha value is -0.820. The third-order valence-corrected chi connectivity index (χ3v) is 2.20. The van der Waals surface area contributed by atoms with E-state index in [9.17, 15) is 18.0 Å². The summed E-state index contributed by atoms with van der Waals surface area (Å²) in [5, 5.41) is 11.8. The highest BCUT2D eigenvalue weighted by atomic mass is 19.4. The molecule has 88 valence electrons. The van der Waals surface area contributed by atoms with Crippen LogP contribution in [0, 0.1) is 0 Å². The zero-order valence-electron chi connectivity index (χ0n) is 8.21. The van der Waals surface area contributed by atoms with E-state index in [2.05, 4.69) is 5.32 Å². The van der Waals surface area contributed by atoms with Gasteiger partial charge in [0.25, 0.3) is 0 Å². The number of likely N-dealkylation sites (N-methyl/N-ethyl adjacent to an activating group) is 1. The van der Waals surface area contributed by atoms with E-state index >= 15 is 0 Å². The van der Waals surface area contributed by atoms with Crippen LogP contribution in [0.25, 0.3) is 0 Å². The van der Waals surface area contributed by atoms with Crippen LogP contribution < -0.4 is 5.32 Å². The highest BCUT2D eigenvalue weighted by Gasteiger charge is 2.35. The number of carbonyl (C=O) groups is 1. The van der Waals surface area contributed by atoms with Gasteiger partial charge in [-0.3, -0.25) is 4.79 Å². The minimum Gasteiger partial charge on any atom is -0.392 e. The molecule has 1 aliphatic heterocycles. The van der Waals surface area contributed by atoms with E-state index in [-0.39, 0.29) is 13.0 Å². The van der Waals surface area contributed by atoms with Gasteiger partial charge in [-0.25, -0.2) is 0 Å². The minimum atomic E-state index is -4.39. The summed E-state index contributed by atoms with van der Waals surface area (Å²) in [6.07, 6.45) is -4.87. The largest absolute Gasteiger partial charge is 0.406 e. The molecular formula is C8H13F3N2O2. The number of nitrogens with zero attached hydrogens (tertiary/aromatic N) is 1. The summed E-state index contributed by atoms with van der Waals surface area (Å²) in [4.78, 5) is 12.0. The van der Waals surface area contributed by atoms with Crippen LogP contribution in [0.3, 0.4) is 0 Å². The molecule has 0 bridgehead atoms. The van der Waals surface area contributed by atoms with Crippen LogP contribution in [0.1, 0.15) is 6.42 Å². The van der Waals surface area contributed by atoms with Crippen LogP contribution in [0.2, 0.25) is 0 Å². The van der Waals surface area contributed by atoms with Crippen molar-refractivity contribution in [3.05, 3.63) is 0 Å². The lowest BCUT2D eigenvalue weighted by atomic mass is 10.2. The molecular weight excluding hydrogens is 213 g/mol. The molecule has 1 amide bonds. The number of aliphatic hydroxyl groups is 1. The number of aliphatic hydroxyl groups excluding tert-OH is 1. The van der Waals surface area contributed by atoms with Crippen LogP contribution >= 0.6 is 0 Å². The van der Waals surface area contributed by atoms with E-state index in [1.807, 2.05) is 0 Å². The Morgan fingerprint density at radius 3 is 2.60 bits per heavy atom. The average Bonchev–Trinajstić information content (AvgIpc) is 2.47. The molecule has 0 aromatic rings. The van der Waals surface area contributed by atoms with Gasteiger partial charge in [0.05, 0.1) is 12.1 Å². The van der Waals surface area contributed by atoms with Gasteiger partial charge in [0, 0.05) is 13.6 Å². The molecule has 1 saturated heterocycles. The molecule has 1 heterocycles. The van der Waals surface area contributed by atoms with Gasteiger partial charge in [0.15, 0.2) is 0 Å². The number of hydrogen-bond acceptors (Lipinski definition) is 3. The first-order valence-corrected chi connectivity index (χ1v) is 4.53. The lowest BCUT2D eigenvalue weighted by Crippen LogP contribution is -2.45. The Balaban J connectivity index is 2.46. The molecule has 1 fully saturated rings. The molecule has 2 unspecified atom stereocenters. The molecule has 7 heteroatoms. The number of β-amino-alcohol motifs (C(OH)–C–C–N with tert-alkyl or cyclic N) is 1. The monoisotopic (exact) mass is 226 g/mol. The predicted molar refractivity (Wildman–Crippen MR) is 46.1 cm³/mol. The maximum atomic E-state index is 12.0. The van der Waals surface area contributed by atoms with Gasteiger partial charge >= 0.3 is 6.18 Å². The Morgan fingerprint density at radius 1 is 1.60 bits per heavy atom. The maximum absolute atomic E-state index is 12.0. The molecule has 1 aliphatic rings. The van der Waals surface area contributed by atoms with Crippen molar-refractivity contribution in [2.75, 3.05) is 20.1 Å². The lowest BCUT2D eigenvalue weighted by molar-refractivity contribution is -0.159. The molecule has 0 radical (unpaired) electrons. The van der Waals surface area contributed by atoms with Crippen molar-refractivity contribution >= 4 is 5.91 Å². The van der Waals surface area contributed by atoms with E-state index in [1.54, 1.807) is 0 Å². The summed E-state index contributed by atoms with van der Waals surface area (Å²) < 4.78 is 35.9. The fourth-order valence-corrected chi connectivity index (χ4v) is 1.52. The van der Waals surface area contributed by atoms with E-state index in [1.165, 1.54) is 0 Å². The van der Waals surface area contributed by atoms with Crippen molar-refractivity contribution in [1.82, 2.24) is 10.2 Å². The highest BCUT2D eigenvalue weighted by molar-refractivity contribution is 5.82. The molecule has 2 N–H and O–H groups in total. The number of carbonyl (C=O) groups excluding carboxylic acids is 1. The second-order valence-electron chi connectivity index (χ2n) is 3.66. The SMILES string of the molecule is CN(CC(F)(F)F)C(=O)C1CC(O)CN1. The van der Waals surface area contributed by atoms with Crippen molar-refractivity contribution < 1.29 is 23.1 Å². The van der Waals surface area contributed by atoms with Crippen molar-refractivity contribution in [3.8, 4) is 0 Å². The van der Waals surface area contributed by atoms with Crippen molar-refractivity contribution in [2.45, 2.75) is 24.7 Å². The quantitative estimate of drug-likeness (QED) is 0.681. The standard InChI is InChI=1S/C8H13F3N2O2/c1-13(4-8(9,10)11)7(15)6-2-5(14)3-12-6/h5-6,12,14H,2-4H2,1H3. The molecule has 1 rings (SSSR count). The lowest BCUT2D eigenvalue weighted by Gasteiger charge is -2.22. The summed E-state index contributed by atoms with van der Waals surface area (Å²) in [5.41, 5.74) is 0. The van der Waals surface area contributed by atoms with Gasteiger partial charge in [0.2, 0.25) is 5.91 Å². The molecule has 0 aromatic carbocycles. The molecule has 0 saturated carbocycles. The zero-order chi connectivity index (χ0) is 11.6. The molecule has 0 aromatic heterocycles. The molecule has 4 nitrogen and oxygen atoms in total. The first-order chi connectivity index (χ1) is 6.79. The van der Waals surface area contributed by atoms with Crippen LogP contribution in [0.15, 0.2) is 0 Å². The first-order valence-electron chi connectivity index (χ1n) is 4.53. The average molecular weight is 226 g/mol. The topological polar surface area (TPSA) is 52.6 Å². The molecule has 2 atom stereocenters. The van der Waals surface area contributed by atoms with Crippen LogP contribution in [-0.2, 0) is 4.79 Å². The molecule has 0 aliphatic carbocycles. The summed E-state index contributed by atoms with van der Waals surface area (Å²) in [6.45, 7) is -1.02. The Bertz CT molecular complexity index is 245. The number of halogens is 3. The Morgan fingerprint density at radius 2 is 2.20 bits per heavy atom. The van der Waals surface area contributed by atoms with E-state index in [0.29, 0.717) is 4.90 Å². The summed E-state index contributed by atoms with van der Waals surface area (Å²) >= 11 is 0. The zero-order valence-corrected chi connectivity index (χ0v) is 8.21. The van der Waals surface area contributed by atoms with Gasteiger partial charge in [0.1, 0.15) is 6.54 Å². The maximum Gasteiger partial charge on any atom is 0.406 e. The fraction of sp³-hybridized carbons (Fsp3) is 0.875. The summed E-state index contributed by atoms with van der Waals surface area (Å²) in [5.74, 6) is -0.635. The number of alkyl halides is 3. The first kappa shape index (κ1) is 12.3. The van der Waals surface area contributed by atoms with Crippen molar-refractivity contribution in [1.29, 1.82) is 0 Å². The third-order valence-electron chi connectivity index (χ3n) is 2.20. The summed E-state index contributed by atoms with van der Waals surface area (Å²) in [7, 11) is 1.10. The van der Waals surface area contributed by atoms with E-state index in [0.717, 1.165) is 7.05 Å². The van der Waals surface area contributed by atoms with Crippen LogP contribution in [0.5, 0.6) is 0 Å². The third kappa shape index (κ3) is 3.67. The van der Waals surface area contributed by atoms with E-state index in [4.69, 9.17) is 5.11 Å². The normalized spacial score (nSPS) is 26.7. The summed E-state index contributed by atoms with van der Waals surface area (Å²) in [6, 6.07) is -0.702. The minimum absolute atomic E-state index is 0.168. The second-order valence-corrected chi connectivity index (χ2v) is 3.66. The smallest absolute Gasteiger partial charge is 0.392 e. The predicted octanol–water partition coefficient (Wildman–Crippen LogP) is -0.270. The Labute approximate surface area is 85.1 Å². The molecule has 0 spiro atoms. The number of nitrogens with one attached hydrogen (secondary N) is 1. The highest BCUT2D eigenvalue weighted by Crippen LogP contribution is 2.17. The van der Waals surface area contributed by atoms with Gasteiger partial charge in [-0.2, -0.15) is 13.2 Å². The fourth-order valence-electron chi connectivity index (χ4n) is 1.52. The van der Waals surface area contributed by atoms with Crippen LogP contribution in [0.4, 0.5) is 13.2 Å². The van der Waals surface area contributed by atoms with Gasteiger partial charge < -0.3 is 15.3 Å². The van der Waals surface area contributed by atoms with E-state index < -0.39 is 30.8 Å². The number of rotatable bonds is 2. The number of amides is 1. The van der Waals surface area contributed by atoms with Crippen LogP contribution in [-0.4, -0.2) is 54.4 Å². The van der Waals surface area contributed by atoms with Crippen molar-refractivity contribution in [3.63, 3.8) is 0 Å².